The maximum Gasteiger partial charge on any atom is 0.254 e. The lowest BCUT2D eigenvalue weighted by molar-refractivity contribution is 0.0192. The van der Waals surface area contributed by atoms with Crippen LogP contribution in [0.15, 0.2) is 54.6 Å². The normalized spacial score (nSPS) is 25.2. The molecule has 2 fully saturated rings. The van der Waals surface area contributed by atoms with Crippen LogP contribution in [0, 0.1) is 0 Å². The Morgan fingerprint density at radius 2 is 1.72 bits per heavy atom. The van der Waals surface area contributed by atoms with Gasteiger partial charge in [-0.1, -0.05) is 55.3 Å². The van der Waals surface area contributed by atoms with Crippen LogP contribution in [0.2, 0.25) is 0 Å². The van der Waals surface area contributed by atoms with Gasteiger partial charge in [-0.25, -0.2) is 0 Å². The highest BCUT2D eigenvalue weighted by Gasteiger charge is 2.43. The fourth-order valence-corrected chi connectivity index (χ4v) is 7.24. The second-order valence-corrected chi connectivity index (χ2v) is 11.3. The number of aliphatic hydroxyl groups is 1. The molecule has 1 saturated heterocycles. The SMILES string of the molecule is O=C1c2cc(CN3CCC4(CC3)COc3ccccc34)c3ccccc3c2CN1C1CCCCC1O. The summed E-state index contributed by atoms with van der Waals surface area (Å²) in [7, 11) is 0. The number of benzene rings is 3. The summed E-state index contributed by atoms with van der Waals surface area (Å²) in [5.74, 6) is 1.15. The van der Waals surface area contributed by atoms with Gasteiger partial charge >= 0.3 is 0 Å². The molecule has 2 atom stereocenters. The van der Waals surface area contributed by atoms with Gasteiger partial charge in [0.15, 0.2) is 0 Å². The number of amides is 1. The number of nitrogens with zero attached hydrogens (tertiary/aromatic N) is 2. The zero-order valence-electron chi connectivity index (χ0n) is 20.8. The van der Waals surface area contributed by atoms with Gasteiger partial charge in [0.2, 0.25) is 0 Å². The van der Waals surface area contributed by atoms with Gasteiger partial charge in [0.1, 0.15) is 5.75 Å². The number of piperidine rings is 1. The molecule has 1 amide bonds. The summed E-state index contributed by atoms with van der Waals surface area (Å²) in [4.78, 5) is 18.1. The van der Waals surface area contributed by atoms with Crippen molar-refractivity contribution in [2.45, 2.75) is 69.2 Å². The highest BCUT2D eigenvalue weighted by Crippen LogP contribution is 2.45. The molecule has 3 aromatic rings. The van der Waals surface area contributed by atoms with Gasteiger partial charge in [-0.3, -0.25) is 9.69 Å². The van der Waals surface area contributed by atoms with Crippen molar-refractivity contribution in [3.05, 3.63) is 76.9 Å². The maximum atomic E-state index is 13.6. The van der Waals surface area contributed by atoms with E-state index in [1.54, 1.807) is 0 Å². The van der Waals surface area contributed by atoms with E-state index in [1.807, 2.05) is 4.90 Å². The summed E-state index contributed by atoms with van der Waals surface area (Å²) in [5, 5.41) is 13.1. The van der Waals surface area contributed by atoms with Crippen LogP contribution >= 0.6 is 0 Å². The summed E-state index contributed by atoms with van der Waals surface area (Å²) in [5.41, 5.74) is 4.73. The van der Waals surface area contributed by atoms with E-state index < -0.39 is 6.10 Å². The Morgan fingerprint density at radius 3 is 2.56 bits per heavy atom. The molecule has 1 saturated carbocycles. The number of para-hydroxylation sites is 1. The summed E-state index contributed by atoms with van der Waals surface area (Å²) in [6, 6.07) is 19.2. The minimum Gasteiger partial charge on any atom is -0.492 e. The number of carbonyl (C=O) groups excluding carboxylic acids is 1. The van der Waals surface area contributed by atoms with E-state index in [0.717, 1.165) is 81.6 Å². The lowest BCUT2D eigenvalue weighted by Gasteiger charge is -2.38. The summed E-state index contributed by atoms with van der Waals surface area (Å²) in [6.07, 6.45) is 5.61. The average molecular weight is 483 g/mol. The molecule has 1 N–H and O–H groups in total. The molecule has 2 unspecified atom stereocenters. The smallest absolute Gasteiger partial charge is 0.254 e. The zero-order chi connectivity index (χ0) is 24.3. The first-order valence-corrected chi connectivity index (χ1v) is 13.6. The van der Waals surface area contributed by atoms with E-state index in [0.29, 0.717) is 6.54 Å². The van der Waals surface area contributed by atoms with Crippen LogP contribution < -0.4 is 4.74 Å². The molecule has 0 aromatic heterocycles. The number of fused-ring (bicyclic) bond motifs is 5. The van der Waals surface area contributed by atoms with Gasteiger partial charge in [-0.05, 0) is 72.8 Å². The second-order valence-electron chi connectivity index (χ2n) is 11.3. The molecule has 0 bridgehead atoms. The number of likely N-dealkylation sites (tertiary alicyclic amines) is 1. The van der Waals surface area contributed by atoms with Gasteiger partial charge in [0.05, 0.1) is 18.8 Å². The largest absolute Gasteiger partial charge is 0.492 e. The molecule has 3 aliphatic heterocycles. The minimum atomic E-state index is -0.409. The highest BCUT2D eigenvalue weighted by molar-refractivity contribution is 6.05. The van der Waals surface area contributed by atoms with Crippen LogP contribution in [0.5, 0.6) is 5.75 Å². The number of rotatable bonds is 3. The first-order chi connectivity index (χ1) is 17.6. The van der Waals surface area contributed by atoms with E-state index in [4.69, 9.17) is 4.74 Å². The molecule has 4 aliphatic rings. The third-order valence-electron chi connectivity index (χ3n) is 9.33. The van der Waals surface area contributed by atoms with Crippen LogP contribution in [0.1, 0.15) is 65.6 Å². The van der Waals surface area contributed by atoms with Crippen molar-refractivity contribution < 1.29 is 14.6 Å². The first-order valence-electron chi connectivity index (χ1n) is 13.6. The summed E-state index contributed by atoms with van der Waals surface area (Å²) in [6.45, 7) is 4.31. The number of aliphatic hydroxyl groups excluding tert-OH is 1. The van der Waals surface area contributed by atoms with Crippen LogP contribution in [-0.2, 0) is 18.5 Å². The van der Waals surface area contributed by atoms with E-state index >= 15 is 0 Å². The fourth-order valence-electron chi connectivity index (χ4n) is 7.24. The second kappa shape index (κ2) is 8.60. The number of hydrogen-bond acceptors (Lipinski definition) is 4. The molecule has 36 heavy (non-hydrogen) atoms. The van der Waals surface area contributed by atoms with Crippen LogP contribution in [0.4, 0.5) is 0 Å². The molecule has 3 heterocycles. The Balaban J connectivity index is 1.15. The van der Waals surface area contributed by atoms with Crippen LogP contribution in [0.25, 0.3) is 10.8 Å². The van der Waals surface area contributed by atoms with E-state index in [1.165, 1.54) is 21.9 Å². The zero-order valence-corrected chi connectivity index (χ0v) is 20.8. The lowest BCUT2D eigenvalue weighted by atomic mass is 9.74. The maximum absolute atomic E-state index is 13.6. The predicted molar refractivity (Wildman–Crippen MR) is 140 cm³/mol. The summed E-state index contributed by atoms with van der Waals surface area (Å²) >= 11 is 0. The Labute approximate surface area is 212 Å². The molecular formula is C31H34N2O3. The molecule has 7 rings (SSSR count). The topological polar surface area (TPSA) is 53.0 Å². The standard InChI is InChI=1S/C31H34N2O3/c34-28-11-5-4-10-27(28)33-19-25-23-8-2-1-7-22(23)21(17-24(25)30(33)35)18-32-15-13-31(14-16-32)20-36-29-12-6-3-9-26(29)31/h1-3,6-9,12,17,27-28,34H,4-5,10-11,13-16,18-20H2. The number of carbonyl (C=O) groups is 1. The van der Waals surface area contributed by atoms with Crippen LogP contribution in [-0.4, -0.2) is 52.7 Å². The van der Waals surface area contributed by atoms with Crippen molar-refractivity contribution >= 4 is 16.7 Å². The predicted octanol–water partition coefficient (Wildman–Crippen LogP) is 5.03. The molecule has 0 radical (unpaired) electrons. The lowest BCUT2D eigenvalue weighted by Crippen LogP contribution is -2.45. The van der Waals surface area contributed by atoms with Gasteiger partial charge in [0, 0.05) is 29.6 Å². The van der Waals surface area contributed by atoms with Crippen molar-refractivity contribution in [3.8, 4) is 5.75 Å². The van der Waals surface area contributed by atoms with Crippen molar-refractivity contribution in [2.24, 2.45) is 0 Å². The average Bonchev–Trinajstić information content (AvgIpc) is 3.44. The molecule has 5 nitrogen and oxygen atoms in total. The molecule has 3 aromatic carbocycles. The van der Waals surface area contributed by atoms with Gasteiger partial charge < -0.3 is 14.7 Å². The Kier molecular flexibility index (Phi) is 5.33. The third-order valence-corrected chi connectivity index (χ3v) is 9.33. The molecule has 1 spiro atoms. The van der Waals surface area contributed by atoms with Gasteiger partial charge in [-0.15, -0.1) is 0 Å². The molecule has 186 valence electrons. The van der Waals surface area contributed by atoms with Gasteiger partial charge in [-0.2, -0.15) is 0 Å². The van der Waals surface area contributed by atoms with E-state index in [2.05, 4.69) is 59.5 Å². The van der Waals surface area contributed by atoms with Crippen molar-refractivity contribution in [1.82, 2.24) is 9.80 Å². The summed E-state index contributed by atoms with van der Waals surface area (Å²) < 4.78 is 6.05. The monoisotopic (exact) mass is 482 g/mol. The van der Waals surface area contributed by atoms with Crippen LogP contribution in [0.3, 0.4) is 0 Å². The van der Waals surface area contributed by atoms with Crippen molar-refractivity contribution in [3.63, 3.8) is 0 Å². The van der Waals surface area contributed by atoms with E-state index in [9.17, 15) is 9.90 Å². The third kappa shape index (κ3) is 3.47. The fraction of sp³-hybridized carbons (Fsp3) is 0.452. The van der Waals surface area contributed by atoms with Gasteiger partial charge in [0.25, 0.3) is 5.91 Å². The Hall–Kier alpha value is -2.89. The van der Waals surface area contributed by atoms with E-state index in [-0.39, 0.29) is 17.4 Å². The quantitative estimate of drug-likeness (QED) is 0.569. The Bertz CT molecular complexity index is 1330. The van der Waals surface area contributed by atoms with Crippen molar-refractivity contribution in [2.75, 3.05) is 19.7 Å². The van der Waals surface area contributed by atoms with Crippen molar-refractivity contribution in [1.29, 1.82) is 0 Å². The molecule has 5 heteroatoms. The number of hydrogen-bond donors (Lipinski definition) is 1. The molecule has 1 aliphatic carbocycles. The number of ether oxygens (including phenoxy) is 1. The minimum absolute atomic E-state index is 0.0596. The Morgan fingerprint density at radius 1 is 0.972 bits per heavy atom. The first kappa shape index (κ1) is 22.3. The molecular weight excluding hydrogens is 448 g/mol. The highest BCUT2D eigenvalue weighted by atomic mass is 16.5.